The molecule has 25 heavy (non-hydrogen) atoms. The molecule has 0 unspecified atom stereocenters. The maximum atomic E-state index is 11.8. The van der Waals surface area contributed by atoms with Gasteiger partial charge in [0.15, 0.2) is 0 Å². The highest BCUT2D eigenvalue weighted by Crippen LogP contribution is 2.17. The van der Waals surface area contributed by atoms with E-state index in [2.05, 4.69) is 16.0 Å². The minimum absolute atomic E-state index is 0.106. The second kappa shape index (κ2) is 11.7. The predicted octanol–water partition coefficient (Wildman–Crippen LogP) is 2.40. The quantitative estimate of drug-likeness (QED) is 0.451. The third kappa shape index (κ3) is 9.31. The molecule has 4 N–H and O–H groups in total. The molecular weight excluding hydrogens is 322 g/mol. The number of unbranched alkanes of at least 4 members (excludes halogenated alkanes) is 2. The summed E-state index contributed by atoms with van der Waals surface area (Å²) in [5, 5.41) is 17.4. The zero-order chi connectivity index (χ0) is 18.7. The van der Waals surface area contributed by atoms with Crippen LogP contribution in [-0.4, -0.2) is 41.6 Å². The van der Waals surface area contributed by atoms with Crippen LogP contribution < -0.4 is 16.0 Å². The second-order valence-electron chi connectivity index (χ2n) is 7.17. The number of carbonyl (C=O) groups excluding carboxylic acids is 2. The van der Waals surface area contributed by atoms with Crippen molar-refractivity contribution in [3.63, 3.8) is 0 Å². The monoisotopic (exact) mass is 355 g/mol. The number of hydrogen-bond donors (Lipinski definition) is 4. The van der Waals surface area contributed by atoms with Crippen molar-refractivity contribution in [1.82, 2.24) is 16.0 Å². The van der Waals surface area contributed by atoms with Crippen molar-refractivity contribution in [3.8, 4) is 0 Å². The molecule has 1 atom stereocenters. The Kier molecular flexibility index (Phi) is 9.96. The van der Waals surface area contributed by atoms with E-state index in [0.717, 1.165) is 25.7 Å². The standard InChI is InChI=1S/C18H33N3O4/c1-13(2)16(17(23)24)21-15(22)11-7-4-8-12-19-18(25)20-14-9-5-3-6-10-14/h13-14,16H,3-12H2,1-2H3,(H,21,22)(H,23,24)(H2,19,20,25)/t16-/m0/s1. The first-order valence-electron chi connectivity index (χ1n) is 9.46. The Balaban J connectivity index is 2.04. The summed E-state index contributed by atoms with van der Waals surface area (Å²) in [6.07, 6.45) is 8.38. The highest BCUT2D eigenvalue weighted by Gasteiger charge is 2.22. The zero-order valence-corrected chi connectivity index (χ0v) is 15.5. The van der Waals surface area contributed by atoms with Gasteiger partial charge >= 0.3 is 12.0 Å². The van der Waals surface area contributed by atoms with Gasteiger partial charge in [0.25, 0.3) is 0 Å². The highest BCUT2D eigenvalue weighted by atomic mass is 16.4. The summed E-state index contributed by atoms with van der Waals surface area (Å²) in [6.45, 7) is 4.12. The van der Waals surface area contributed by atoms with E-state index in [1.807, 2.05) is 0 Å². The third-order valence-corrected chi connectivity index (χ3v) is 4.56. The number of amides is 3. The van der Waals surface area contributed by atoms with E-state index in [9.17, 15) is 14.4 Å². The average Bonchev–Trinajstić information content (AvgIpc) is 2.56. The van der Waals surface area contributed by atoms with Crippen molar-refractivity contribution >= 4 is 17.9 Å². The Hall–Kier alpha value is -1.79. The fraction of sp³-hybridized carbons (Fsp3) is 0.833. The molecule has 0 aromatic carbocycles. The Bertz CT molecular complexity index is 434. The summed E-state index contributed by atoms with van der Waals surface area (Å²) in [7, 11) is 0. The van der Waals surface area contributed by atoms with Crippen molar-refractivity contribution in [2.45, 2.75) is 83.7 Å². The number of carbonyl (C=O) groups is 3. The average molecular weight is 355 g/mol. The first kappa shape index (κ1) is 21.3. The fourth-order valence-electron chi connectivity index (χ4n) is 3.03. The Morgan fingerprint density at radius 3 is 2.32 bits per heavy atom. The highest BCUT2D eigenvalue weighted by molar-refractivity contribution is 5.83. The lowest BCUT2D eigenvalue weighted by atomic mass is 9.96. The minimum atomic E-state index is -1.00. The molecule has 0 heterocycles. The SMILES string of the molecule is CC(C)[C@H](NC(=O)CCCCCNC(=O)NC1CCCCC1)C(=O)O. The number of nitrogens with one attached hydrogen (secondary N) is 3. The van der Waals surface area contributed by atoms with E-state index in [1.165, 1.54) is 19.3 Å². The number of hydrogen-bond acceptors (Lipinski definition) is 3. The van der Waals surface area contributed by atoms with E-state index < -0.39 is 12.0 Å². The van der Waals surface area contributed by atoms with Crippen LogP contribution in [0.3, 0.4) is 0 Å². The molecule has 1 saturated carbocycles. The normalized spacial score (nSPS) is 16.3. The van der Waals surface area contributed by atoms with Crippen LogP contribution in [0.2, 0.25) is 0 Å². The van der Waals surface area contributed by atoms with Crippen molar-refractivity contribution < 1.29 is 19.5 Å². The summed E-state index contributed by atoms with van der Waals surface area (Å²) in [5.74, 6) is -1.38. The van der Waals surface area contributed by atoms with Crippen molar-refractivity contribution in [1.29, 1.82) is 0 Å². The van der Waals surface area contributed by atoms with Gasteiger partial charge in [0, 0.05) is 19.0 Å². The molecule has 0 aliphatic heterocycles. The lowest BCUT2D eigenvalue weighted by Gasteiger charge is -2.22. The molecule has 7 heteroatoms. The molecule has 0 radical (unpaired) electrons. The molecule has 0 saturated heterocycles. The number of urea groups is 1. The number of carboxylic acid groups (broad SMARTS) is 1. The van der Waals surface area contributed by atoms with Crippen LogP contribution in [0.25, 0.3) is 0 Å². The van der Waals surface area contributed by atoms with E-state index >= 15 is 0 Å². The molecule has 1 aliphatic carbocycles. The Morgan fingerprint density at radius 2 is 1.72 bits per heavy atom. The van der Waals surface area contributed by atoms with Gasteiger partial charge in [-0.3, -0.25) is 4.79 Å². The number of aliphatic carboxylic acids is 1. The van der Waals surface area contributed by atoms with E-state index in [4.69, 9.17) is 5.11 Å². The lowest BCUT2D eigenvalue weighted by molar-refractivity contribution is -0.143. The second-order valence-corrected chi connectivity index (χ2v) is 7.17. The summed E-state index contributed by atoms with van der Waals surface area (Å²) >= 11 is 0. The van der Waals surface area contributed by atoms with Crippen LogP contribution in [-0.2, 0) is 9.59 Å². The molecule has 7 nitrogen and oxygen atoms in total. The Morgan fingerprint density at radius 1 is 1.04 bits per heavy atom. The van der Waals surface area contributed by atoms with Crippen LogP contribution in [0.5, 0.6) is 0 Å². The lowest BCUT2D eigenvalue weighted by Crippen LogP contribution is -2.44. The van der Waals surface area contributed by atoms with Gasteiger partial charge in [0.1, 0.15) is 6.04 Å². The van der Waals surface area contributed by atoms with Crippen LogP contribution in [0, 0.1) is 5.92 Å². The van der Waals surface area contributed by atoms with Crippen molar-refractivity contribution in [2.75, 3.05) is 6.54 Å². The molecule has 1 rings (SSSR count). The third-order valence-electron chi connectivity index (χ3n) is 4.56. The molecule has 1 aliphatic rings. The van der Waals surface area contributed by atoms with Crippen molar-refractivity contribution in [3.05, 3.63) is 0 Å². The van der Waals surface area contributed by atoms with Gasteiger partial charge in [-0.2, -0.15) is 0 Å². The van der Waals surface area contributed by atoms with Gasteiger partial charge in [0.05, 0.1) is 0 Å². The zero-order valence-electron chi connectivity index (χ0n) is 15.5. The molecule has 0 aromatic heterocycles. The molecule has 0 bridgehead atoms. The maximum absolute atomic E-state index is 11.8. The van der Waals surface area contributed by atoms with Crippen LogP contribution in [0.1, 0.15) is 71.6 Å². The van der Waals surface area contributed by atoms with Gasteiger partial charge in [-0.25, -0.2) is 9.59 Å². The number of rotatable bonds is 10. The van der Waals surface area contributed by atoms with Gasteiger partial charge in [-0.05, 0) is 31.6 Å². The summed E-state index contributed by atoms with van der Waals surface area (Å²) in [6, 6.07) is -0.635. The minimum Gasteiger partial charge on any atom is -0.480 e. The van der Waals surface area contributed by atoms with Gasteiger partial charge < -0.3 is 21.1 Å². The topological polar surface area (TPSA) is 108 Å². The number of carboxylic acids is 1. The van der Waals surface area contributed by atoms with E-state index in [0.29, 0.717) is 25.4 Å². The largest absolute Gasteiger partial charge is 0.480 e. The molecule has 144 valence electrons. The van der Waals surface area contributed by atoms with E-state index in [-0.39, 0.29) is 17.9 Å². The van der Waals surface area contributed by atoms with Crippen LogP contribution in [0.4, 0.5) is 4.79 Å². The maximum Gasteiger partial charge on any atom is 0.326 e. The summed E-state index contributed by atoms with van der Waals surface area (Å²) in [4.78, 5) is 34.6. The van der Waals surface area contributed by atoms with Crippen molar-refractivity contribution in [2.24, 2.45) is 5.92 Å². The van der Waals surface area contributed by atoms with Gasteiger partial charge in [-0.15, -0.1) is 0 Å². The first-order chi connectivity index (χ1) is 11.9. The molecule has 1 fully saturated rings. The molecular formula is C18H33N3O4. The first-order valence-corrected chi connectivity index (χ1v) is 9.46. The van der Waals surface area contributed by atoms with Crippen LogP contribution in [0.15, 0.2) is 0 Å². The fourth-order valence-corrected chi connectivity index (χ4v) is 3.03. The summed E-state index contributed by atoms with van der Waals surface area (Å²) < 4.78 is 0. The van der Waals surface area contributed by atoms with E-state index in [1.54, 1.807) is 13.8 Å². The molecule has 3 amide bonds. The van der Waals surface area contributed by atoms with Crippen LogP contribution >= 0.6 is 0 Å². The van der Waals surface area contributed by atoms with Gasteiger partial charge in [0.2, 0.25) is 5.91 Å². The van der Waals surface area contributed by atoms with Gasteiger partial charge in [-0.1, -0.05) is 39.5 Å². The summed E-state index contributed by atoms with van der Waals surface area (Å²) in [5.41, 5.74) is 0. The predicted molar refractivity (Wildman–Crippen MR) is 96.3 cm³/mol. The molecule has 0 spiro atoms. The molecule has 0 aromatic rings. The smallest absolute Gasteiger partial charge is 0.326 e. The Labute approximate surface area is 150 Å².